The molecule has 0 unspecified atom stereocenters. The second kappa shape index (κ2) is 3.94. The lowest BCUT2D eigenvalue weighted by molar-refractivity contribution is 0.228. The van der Waals surface area contributed by atoms with Gasteiger partial charge >= 0.3 is 0 Å². The van der Waals surface area contributed by atoms with Crippen LogP contribution in [-0.2, 0) is 0 Å². The van der Waals surface area contributed by atoms with Gasteiger partial charge in [0.2, 0.25) is 0 Å². The SMILES string of the molecule is C/C=C/[C@@H](O)c1ccccc1. The first-order valence-corrected chi connectivity index (χ1v) is 3.70. The van der Waals surface area contributed by atoms with E-state index >= 15 is 0 Å². The van der Waals surface area contributed by atoms with Crippen molar-refractivity contribution in [2.24, 2.45) is 0 Å². The summed E-state index contributed by atoms with van der Waals surface area (Å²) >= 11 is 0. The molecule has 0 fully saturated rings. The Morgan fingerprint density at radius 1 is 1.27 bits per heavy atom. The summed E-state index contributed by atoms with van der Waals surface area (Å²) in [5.41, 5.74) is 0.936. The molecule has 58 valence electrons. The summed E-state index contributed by atoms with van der Waals surface area (Å²) in [6.07, 6.45) is 3.15. The quantitative estimate of drug-likeness (QED) is 0.638. The Morgan fingerprint density at radius 2 is 1.91 bits per heavy atom. The van der Waals surface area contributed by atoms with E-state index in [0.717, 1.165) is 5.56 Å². The molecule has 1 aromatic carbocycles. The number of aliphatic hydroxyl groups excluding tert-OH is 1. The van der Waals surface area contributed by atoms with Crippen molar-refractivity contribution < 1.29 is 5.11 Å². The summed E-state index contributed by atoms with van der Waals surface area (Å²) < 4.78 is 0. The first-order valence-electron chi connectivity index (χ1n) is 3.70. The van der Waals surface area contributed by atoms with Crippen molar-refractivity contribution in [2.75, 3.05) is 0 Å². The third kappa shape index (κ3) is 2.20. The zero-order chi connectivity index (χ0) is 8.10. The zero-order valence-electron chi connectivity index (χ0n) is 6.57. The average Bonchev–Trinajstić information content (AvgIpc) is 2.07. The fraction of sp³-hybridized carbons (Fsp3) is 0.200. The van der Waals surface area contributed by atoms with Gasteiger partial charge in [-0.05, 0) is 12.5 Å². The van der Waals surface area contributed by atoms with Crippen molar-refractivity contribution in [3.05, 3.63) is 48.0 Å². The van der Waals surface area contributed by atoms with Crippen LogP contribution in [0.1, 0.15) is 18.6 Å². The lowest BCUT2D eigenvalue weighted by atomic mass is 10.1. The van der Waals surface area contributed by atoms with Gasteiger partial charge in [0.05, 0.1) is 6.10 Å². The van der Waals surface area contributed by atoms with Crippen LogP contribution >= 0.6 is 0 Å². The van der Waals surface area contributed by atoms with Gasteiger partial charge in [-0.2, -0.15) is 0 Å². The van der Waals surface area contributed by atoms with Crippen LogP contribution in [0, 0.1) is 0 Å². The summed E-state index contributed by atoms with van der Waals surface area (Å²) in [6, 6.07) is 9.59. The maximum atomic E-state index is 9.43. The Hall–Kier alpha value is -1.08. The third-order valence-electron chi connectivity index (χ3n) is 1.52. The Morgan fingerprint density at radius 3 is 2.45 bits per heavy atom. The van der Waals surface area contributed by atoms with Crippen LogP contribution in [0.25, 0.3) is 0 Å². The van der Waals surface area contributed by atoms with E-state index in [0.29, 0.717) is 0 Å². The molecule has 0 saturated carbocycles. The van der Waals surface area contributed by atoms with Crippen molar-refractivity contribution in [2.45, 2.75) is 13.0 Å². The molecule has 0 aliphatic carbocycles. The normalized spacial score (nSPS) is 13.6. The van der Waals surface area contributed by atoms with Gasteiger partial charge in [0.15, 0.2) is 0 Å². The lowest BCUT2D eigenvalue weighted by Gasteiger charge is -2.03. The molecular formula is C10H12O. The molecule has 0 spiro atoms. The van der Waals surface area contributed by atoms with Crippen molar-refractivity contribution in [1.29, 1.82) is 0 Å². The molecule has 1 N–H and O–H groups in total. The number of hydrogen-bond acceptors (Lipinski definition) is 1. The maximum Gasteiger partial charge on any atom is 0.0971 e. The maximum absolute atomic E-state index is 9.43. The second-order valence-electron chi connectivity index (χ2n) is 2.38. The van der Waals surface area contributed by atoms with Crippen LogP contribution in [0.2, 0.25) is 0 Å². The summed E-state index contributed by atoms with van der Waals surface area (Å²) in [4.78, 5) is 0. The molecule has 0 radical (unpaired) electrons. The van der Waals surface area contributed by atoms with Gasteiger partial charge in [-0.15, -0.1) is 0 Å². The molecule has 1 heteroatoms. The van der Waals surface area contributed by atoms with Gasteiger partial charge in [-0.3, -0.25) is 0 Å². The van der Waals surface area contributed by atoms with Gasteiger partial charge < -0.3 is 5.11 Å². The smallest absolute Gasteiger partial charge is 0.0971 e. The monoisotopic (exact) mass is 148 g/mol. The zero-order valence-corrected chi connectivity index (χ0v) is 6.57. The van der Waals surface area contributed by atoms with E-state index in [1.54, 1.807) is 6.08 Å². The minimum atomic E-state index is -0.457. The first-order chi connectivity index (χ1) is 5.34. The number of benzene rings is 1. The molecule has 0 amide bonds. The standard InChI is InChI=1S/C10H12O/c1-2-6-10(11)9-7-4-3-5-8-9/h2-8,10-11H,1H3/b6-2+/t10-/m1/s1. The number of hydrogen-bond donors (Lipinski definition) is 1. The highest BCUT2D eigenvalue weighted by molar-refractivity contribution is 5.20. The molecule has 0 aromatic heterocycles. The highest BCUT2D eigenvalue weighted by Crippen LogP contribution is 2.12. The van der Waals surface area contributed by atoms with E-state index in [9.17, 15) is 5.11 Å². The van der Waals surface area contributed by atoms with E-state index in [4.69, 9.17) is 0 Å². The summed E-state index contributed by atoms with van der Waals surface area (Å²) in [5, 5.41) is 9.43. The highest BCUT2D eigenvalue weighted by atomic mass is 16.3. The second-order valence-corrected chi connectivity index (χ2v) is 2.38. The molecule has 0 aliphatic rings. The summed E-state index contributed by atoms with van der Waals surface area (Å²) in [7, 11) is 0. The van der Waals surface area contributed by atoms with Gasteiger partial charge in [0.1, 0.15) is 0 Å². The topological polar surface area (TPSA) is 20.2 Å². The highest BCUT2D eigenvalue weighted by Gasteiger charge is 1.99. The van der Waals surface area contributed by atoms with E-state index in [1.807, 2.05) is 43.3 Å². The third-order valence-corrected chi connectivity index (χ3v) is 1.52. The van der Waals surface area contributed by atoms with E-state index < -0.39 is 6.10 Å². The Bertz CT molecular complexity index is 226. The molecule has 1 nitrogen and oxygen atoms in total. The molecule has 0 bridgehead atoms. The molecule has 0 aliphatic heterocycles. The van der Waals surface area contributed by atoms with E-state index in [2.05, 4.69) is 0 Å². The van der Waals surface area contributed by atoms with Crippen molar-refractivity contribution in [3.63, 3.8) is 0 Å². The predicted octanol–water partition coefficient (Wildman–Crippen LogP) is 2.30. The molecule has 1 rings (SSSR count). The number of rotatable bonds is 2. The molecule has 11 heavy (non-hydrogen) atoms. The van der Waals surface area contributed by atoms with Gasteiger partial charge in [-0.25, -0.2) is 0 Å². The molecule has 0 heterocycles. The van der Waals surface area contributed by atoms with Crippen LogP contribution in [0.3, 0.4) is 0 Å². The van der Waals surface area contributed by atoms with Gasteiger partial charge in [0.25, 0.3) is 0 Å². The fourth-order valence-corrected chi connectivity index (χ4v) is 0.944. The van der Waals surface area contributed by atoms with E-state index in [1.165, 1.54) is 0 Å². The predicted molar refractivity (Wildman–Crippen MR) is 46.2 cm³/mol. The van der Waals surface area contributed by atoms with Crippen LogP contribution in [0.4, 0.5) is 0 Å². The van der Waals surface area contributed by atoms with E-state index in [-0.39, 0.29) is 0 Å². The fourth-order valence-electron chi connectivity index (χ4n) is 0.944. The average molecular weight is 148 g/mol. The van der Waals surface area contributed by atoms with Crippen molar-refractivity contribution >= 4 is 0 Å². The molecule has 1 atom stereocenters. The minimum absolute atomic E-state index is 0.457. The largest absolute Gasteiger partial charge is 0.384 e. The van der Waals surface area contributed by atoms with Crippen LogP contribution in [0.5, 0.6) is 0 Å². The van der Waals surface area contributed by atoms with Crippen LogP contribution in [-0.4, -0.2) is 5.11 Å². The number of aliphatic hydroxyl groups is 1. The molecule has 0 saturated heterocycles. The van der Waals surface area contributed by atoms with Gasteiger partial charge in [-0.1, -0.05) is 42.5 Å². The minimum Gasteiger partial charge on any atom is -0.384 e. The Balaban J connectivity index is 2.76. The Kier molecular flexibility index (Phi) is 2.87. The van der Waals surface area contributed by atoms with Gasteiger partial charge in [0, 0.05) is 0 Å². The summed E-state index contributed by atoms with van der Waals surface area (Å²) in [5.74, 6) is 0. The number of allylic oxidation sites excluding steroid dienone is 1. The first kappa shape index (κ1) is 8.02. The van der Waals surface area contributed by atoms with Crippen LogP contribution in [0.15, 0.2) is 42.5 Å². The molecular weight excluding hydrogens is 136 g/mol. The Labute approximate surface area is 67.0 Å². The molecule has 1 aromatic rings. The summed E-state index contributed by atoms with van der Waals surface area (Å²) in [6.45, 7) is 1.90. The van der Waals surface area contributed by atoms with Crippen LogP contribution < -0.4 is 0 Å². The lowest BCUT2D eigenvalue weighted by Crippen LogP contribution is -1.90. The van der Waals surface area contributed by atoms with Crippen molar-refractivity contribution in [3.8, 4) is 0 Å². The van der Waals surface area contributed by atoms with Crippen molar-refractivity contribution in [1.82, 2.24) is 0 Å².